The van der Waals surface area contributed by atoms with E-state index in [1.807, 2.05) is 36.4 Å². The van der Waals surface area contributed by atoms with Crippen molar-refractivity contribution in [3.63, 3.8) is 0 Å². The molecule has 0 amide bonds. The van der Waals surface area contributed by atoms with E-state index in [1.54, 1.807) is 36.4 Å². The fourth-order valence-corrected chi connectivity index (χ4v) is 3.29. The molecule has 4 aromatic carbocycles. The summed E-state index contributed by atoms with van der Waals surface area (Å²) in [6, 6.07) is 25.9. The summed E-state index contributed by atoms with van der Waals surface area (Å²) in [7, 11) is 0. The summed E-state index contributed by atoms with van der Waals surface area (Å²) >= 11 is 0. The van der Waals surface area contributed by atoms with Crippen molar-refractivity contribution in [1.29, 1.82) is 5.26 Å². The summed E-state index contributed by atoms with van der Waals surface area (Å²) in [4.78, 5) is 0. The number of fused-ring (bicyclic) bond motifs is 1. The Labute approximate surface area is 173 Å². The second-order valence-corrected chi connectivity index (χ2v) is 6.76. The van der Waals surface area contributed by atoms with Gasteiger partial charge in [-0.25, -0.2) is 8.78 Å². The normalized spacial score (nSPS) is 11.3. The summed E-state index contributed by atoms with van der Waals surface area (Å²) in [5, 5.41) is 11.6. The van der Waals surface area contributed by atoms with Crippen LogP contribution in [0.3, 0.4) is 0 Å². The van der Waals surface area contributed by atoms with E-state index < -0.39 is 5.82 Å². The van der Waals surface area contributed by atoms with Gasteiger partial charge in [0.15, 0.2) is 0 Å². The molecule has 0 aromatic heterocycles. The number of nitriles is 1. The Morgan fingerprint density at radius 1 is 0.867 bits per heavy atom. The van der Waals surface area contributed by atoms with Crippen molar-refractivity contribution in [1.82, 2.24) is 0 Å². The van der Waals surface area contributed by atoms with Crippen molar-refractivity contribution < 1.29 is 13.5 Å². The number of ether oxygens (including phenoxy) is 1. The minimum absolute atomic E-state index is 0.205. The van der Waals surface area contributed by atoms with Crippen molar-refractivity contribution in [3.8, 4) is 11.8 Å². The molecule has 0 atom stereocenters. The van der Waals surface area contributed by atoms with Crippen LogP contribution in [-0.4, -0.2) is 0 Å². The average molecular weight is 397 g/mol. The van der Waals surface area contributed by atoms with Crippen molar-refractivity contribution in [3.05, 3.63) is 113 Å². The highest BCUT2D eigenvalue weighted by molar-refractivity contribution is 6.00. The van der Waals surface area contributed by atoms with Crippen molar-refractivity contribution >= 4 is 22.4 Å². The number of benzene rings is 4. The third-order valence-corrected chi connectivity index (χ3v) is 4.81. The van der Waals surface area contributed by atoms with Gasteiger partial charge in [0, 0.05) is 11.1 Å². The van der Waals surface area contributed by atoms with Gasteiger partial charge in [-0.1, -0.05) is 60.7 Å². The van der Waals surface area contributed by atoms with Crippen LogP contribution in [-0.2, 0) is 6.61 Å². The van der Waals surface area contributed by atoms with Crippen LogP contribution in [0.2, 0.25) is 0 Å². The van der Waals surface area contributed by atoms with Gasteiger partial charge in [-0.2, -0.15) is 5.26 Å². The third-order valence-electron chi connectivity index (χ3n) is 4.81. The molecule has 0 aliphatic heterocycles. The fourth-order valence-electron chi connectivity index (χ4n) is 3.29. The summed E-state index contributed by atoms with van der Waals surface area (Å²) in [6.07, 6.45) is 1.65. The van der Waals surface area contributed by atoms with Gasteiger partial charge in [-0.15, -0.1) is 0 Å². The predicted molar refractivity (Wildman–Crippen MR) is 115 cm³/mol. The zero-order valence-corrected chi connectivity index (χ0v) is 16.0. The molecule has 4 heteroatoms. The van der Waals surface area contributed by atoms with Crippen molar-refractivity contribution in [2.45, 2.75) is 6.61 Å². The molecule has 0 aliphatic carbocycles. The maximum absolute atomic E-state index is 14.3. The standard InChI is InChI=1S/C26H17F2NO/c27-21-12-9-18(10-13-21)17-30-26-14-11-19-5-1-2-6-22(19)24(26)15-20(16-29)23-7-3-4-8-25(23)28/h1-15H,17H2. The number of hydrogen-bond acceptors (Lipinski definition) is 2. The maximum atomic E-state index is 14.3. The number of nitrogens with zero attached hydrogens (tertiary/aromatic N) is 1. The van der Waals surface area contributed by atoms with E-state index in [4.69, 9.17) is 4.74 Å². The van der Waals surface area contributed by atoms with Gasteiger partial charge >= 0.3 is 0 Å². The minimum atomic E-state index is -0.459. The van der Waals surface area contributed by atoms with E-state index in [9.17, 15) is 14.0 Å². The first-order chi connectivity index (χ1) is 14.7. The Bertz CT molecular complexity index is 1270. The highest BCUT2D eigenvalue weighted by atomic mass is 19.1. The van der Waals surface area contributed by atoms with E-state index in [0.29, 0.717) is 11.3 Å². The molecule has 0 aliphatic rings. The molecule has 4 aromatic rings. The second-order valence-electron chi connectivity index (χ2n) is 6.76. The van der Waals surface area contributed by atoms with Gasteiger partial charge in [-0.05, 0) is 46.7 Å². The Hall–Kier alpha value is -3.97. The monoisotopic (exact) mass is 397 g/mol. The summed E-state index contributed by atoms with van der Waals surface area (Å²) in [6.45, 7) is 0.237. The van der Waals surface area contributed by atoms with Crippen LogP contribution < -0.4 is 4.74 Å². The van der Waals surface area contributed by atoms with E-state index in [2.05, 4.69) is 6.07 Å². The molecule has 0 heterocycles. The number of rotatable bonds is 5. The van der Waals surface area contributed by atoms with Crippen LogP contribution in [0.5, 0.6) is 5.75 Å². The fraction of sp³-hybridized carbons (Fsp3) is 0.0385. The Kier molecular flexibility index (Phi) is 5.54. The Morgan fingerprint density at radius 2 is 1.60 bits per heavy atom. The first-order valence-electron chi connectivity index (χ1n) is 9.41. The molecule has 0 N–H and O–H groups in total. The molecule has 0 bridgehead atoms. The number of hydrogen-bond donors (Lipinski definition) is 0. The molecule has 2 nitrogen and oxygen atoms in total. The Morgan fingerprint density at radius 3 is 2.37 bits per heavy atom. The van der Waals surface area contributed by atoms with Gasteiger partial charge in [0.25, 0.3) is 0 Å². The second kappa shape index (κ2) is 8.59. The predicted octanol–water partition coefficient (Wildman–Crippen LogP) is 6.76. The molecule has 0 saturated carbocycles. The highest BCUT2D eigenvalue weighted by Gasteiger charge is 2.12. The van der Waals surface area contributed by atoms with Gasteiger partial charge in [0.1, 0.15) is 24.0 Å². The summed E-state index contributed by atoms with van der Waals surface area (Å²) < 4.78 is 33.5. The topological polar surface area (TPSA) is 33.0 Å². The van der Waals surface area contributed by atoms with Gasteiger partial charge in [-0.3, -0.25) is 0 Å². The molecule has 30 heavy (non-hydrogen) atoms. The van der Waals surface area contributed by atoms with E-state index in [1.165, 1.54) is 18.2 Å². The minimum Gasteiger partial charge on any atom is -0.488 e. The van der Waals surface area contributed by atoms with Crippen LogP contribution in [0.1, 0.15) is 16.7 Å². The quantitative estimate of drug-likeness (QED) is 0.275. The van der Waals surface area contributed by atoms with E-state index in [0.717, 1.165) is 16.3 Å². The zero-order valence-electron chi connectivity index (χ0n) is 16.0. The lowest BCUT2D eigenvalue weighted by Crippen LogP contribution is -1.98. The lowest BCUT2D eigenvalue weighted by Gasteiger charge is -2.13. The lowest BCUT2D eigenvalue weighted by molar-refractivity contribution is 0.306. The van der Waals surface area contributed by atoms with Crippen LogP contribution >= 0.6 is 0 Å². The lowest BCUT2D eigenvalue weighted by atomic mass is 9.98. The SMILES string of the molecule is N#CC(=Cc1c(OCc2ccc(F)cc2)ccc2ccccc12)c1ccccc1F. The highest BCUT2D eigenvalue weighted by Crippen LogP contribution is 2.33. The first kappa shape index (κ1) is 19.4. The molecule has 0 saturated heterocycles. The number of allylic oxidation sites excluding steroid dienone is 1. The summed E-state index contributed by atoms with van der Waals surface area (Å²) in [5.74, 6) is -0.210. The van der Waals surface area contributed by atoms with Crippen molar-refractivity contribution in [2.24, 2.45) is 0 Å². The van der Waals surface area contributed by atoms with Crippen LogP contribution in [0.15, 0.2) is 84.9 Å². The smallest absolute Gasteiger partial charge is 0.131 e. The molecule has 0 spiro atoms. The van der Waals surface area contributed by atoms with Gasteiger partial charge < -0.3 is 4.74 Å². The van der Waals surface area contributed by atoms with Gasteiger partial charge in [0.2, 0.25) is 0 Å². The molecule has 0 unspecified atom stereocenters. The van der Waals surface area contributed by atoms with Crippen LogP contribution in [0.25, 0.3) is 22.4 Å². The van der Waals surface area contributed by atoms with Crippen LogP contribution in [0, 0.1) is 23.0 Å². The molecule has 0 radical (unpaired) electrons. The summed E-state index contributed by atoms with van der Waals surface area (Å²) in [5.41, 5.74) is 1.94. The maximum Gasteiger partial charge on any atom is 0.131 e. The first-order valence-corrected chi connectivity index (χ1v) is 9.41. The molecular weight excluding hydrogens is 380 g/mol. The Balaban J connectivity index is 1.80. The van der Waals surface area contributed by atoms with Gasteiger partial charge in [0.05, 0.1) is 11.6 Å². The van der Waals surface area contributed by atoms with Crippen LogP contribution in [0.4, 0.5) is 8.78 Å². The molecule has 4 rings (SSSR count). The third kappa shape index (κ3) is 4.06. The van der Waals surface area contributed by atoms with E-state index >= 15 is 0 Å². The van der Waals surface area contributed by atoms with E-state index in [-0.39, 0.29) is 23.6 Å². The van der Waals surface area contributed by atoms with Crippen molar-refractivity contribution in [2.75, 3.05) is 0 Å². The molecule has 0 fully saturated rings. The largest absolute Gasteiger partial charge is 0.488 e. The number of halogens is 2. The molecular formula is C26H17F2NO. The molecule has 146 valence electrons. The average Bonchev–Trinajstić information content (AvgIpc) is 2.78. The zero-order chi connectivity index (χ0) is 20.9.